The molecule has 1 amide bonds. The van der Waals surface area contributed by atoms with Crippen LogP contribution >= 0.6 is 0 Å². The number of nitrogens with two attached hydrogens (primary N) is 1. The first-order valence-corrected chi connectivity index (χ1v) is 5.90. The third kappa shape index (κ3) is 3.08. The molecule has 0 radical (unpaired) electrons. The molecule has 4 N–H and O–H groups in total. The number of aromatic hydroxyl groups is 1. The summed E-state index contributed by atoms with van der Waals surface area (Å²) in [4.78, 5) is 15.6. The van der Waals surface area contributed by atoms with Crippen molar-refractivity contribution in [2.45, 2.75) is 13.1 Å². The van der Waals surface area contributed by atoms with Gasteiger partial charge in [0.15, 0.2) is 0 Å². The molecule has 0 spiro atoms. The Hall–Kier alpha value is -2.40. The number of rotatable bonds is 4. The highest BCUT2D eigenvalue weighted by molar-refractivity contribution is 5.96. The summed E-state index contributed by atoms with van der Waals surface area (Å²) >= 11 is 0. The van der Waals surface area contributed by atoms with E-state index in [0.717, 1.165) is 11.1 Å². The van der Waals surface area contributed by atoms with Gasteiger partial charge in [-0.1, -0.05) is 24.3 Å². The molecule has 0 saturated heterocycles. The Kier molecular flexibility index (Phi) is 4.10. The average Bonchev–Trinajstić information content (AvgIpc) is 2.45. The van der Waals surface area contributed by atoms with Crippen molar-refractivity contribution in [1.82, 2.24) is 10.3 Å². The molecule has 0 saturated carbocycles. The van der Waals surface area contributed by atoms with Crippen LogP contribution in [-0.2, 0) is 13.1 Å². The summed E-state index contributed by atoms with van der Waals surface area (Å²) in [5.41, 5.74) is 7.79. The summed E-state index contributed by atoms with van der Waals surface area (Å²) in [6.07, 6.45) is 2.70. The van der Waals surface area contributed by atoms with Crippen LogP contribution in [0.3, 0.4) is 0 Å². The van der Waals surface area contributed by atoms with Crippen LogP contribution in [0.1, 0.15) is 21.5 Å². The Bertz CT molecular complexity index is 584. The molecule has 1 aromatic carbocycles. The number of hydrogen-bond donors (Lipinski definition) is 3. The van der Waals surface area contributed by atoms with Crippen LogP contribution in [0.4, 0.5) is 0 Å². The first-order valence-electron chi connectivity index (χ1n) is 5.90. The van der Waals surface area contributed by atoms with E-state index in [1.165, 1.54) is 18.5 Å². The smallest absolute Gasteiger partial charge is 0.255 e. The zero-order valence-corrected chi connectivity index (χ0v) is 10.3. The maximum absolute atomic E-state index is 11.9. The number of amides is 1. The van der Waals surface area contributed by atoms with E-state index < -0.39 is 0 Å². The fourth-order valence-electron chi connectivity index (χ4n) is 1.78. The zero-order chi connectivity index (χ0) is 13.7. The first kappa shape index (κ1) is 13.0. The van der Waals surface area contributed by atoms with Crippen LogP contribution in [0, 0.1) is 0 Å². The molecule has 5 heteroatoms. The summed E-state index contributed by atoms with van der Waals surface area (Å²) in [6, 6.07) is 9.10. The molecule has 5 nitrogen and oxygen atoms in total. The molecule has 19 heavy (non-hydrogen) atoms. The molecule has 0 aliphatic rings. The lowest BCUT2D eigenvalue weighted by molar-refractivity contribution is 0.0948. The topological polar surface area (TPSA) is 88.2 Å². The maximum Gasteiger partial charge on any atom is 0.255 e. The zero-order valence-electron chi connectivity index (χ0n) is 10.3. The minimum absolute atomic E-state index is 0.132. The summed E-state index contributed by atoms with van der Waals surface area (Å²) in [7, 11) is 0. The molecular weight excluding hydrogens is 242 g/mol. The van der Waals surface area contributed by atoms with Crippen molar-refractivity contribution < 1.29 is 9.90 Å². The van der Waals surface area contributed by atoms with Crippen LogP contribution in [0.5, 0.6) is 5.75 Å². The third-order valence-corrected chi connectivity index (χ3v) is 2.82. The highest BCUT2D eigenvalue weighted by Gasteiger charge is 2.10. The van der Waals surface area contributed by atoms with Gasteiger partial charge in [-0.25, -0.2) is 0 Å². The molecule has 1 aromatic heterocycles. The number of carbonyl (C=O) groups excluding carboxylic acids is 1. The number of nitrogens with zero attached hydrogens (tertiary/aromatic N) is 1. The van der Waals surface area contributed by atoms with E-state index >= 15 is 0 Å². The highest BCUT2D eigenvalue weighted by atomic mass is 16.3. The molecule has 2 rings (SSSR count). The van der Waals surface area contributed by atoms with Gasteiger partial charge < -0.3 is 16.2 Å². The number of hydrogen-bond acceptors (Lipinski definition) is 4. The van der Waals surface area contributed by atoms with Gasteiger partial charge in [-0.05, 0) is 17.2 Å². The Morgan fingerprint density at radius 3 is 2.68 bits per heavy atom. The van der Waals surface area contributed by atoms with E-state index in [4.69, 9.17) is 5.73 Å². The van der Waals surface area contributed by atoms with Crippen LogP contribution in [0.25, 0.3) is 0 Å². The predicted octanol–water partition coefficient (Wildman–Crippen LogP) is 1.18. The molecule has 0 fully saturated rings. The summed E-state index contributed by atoms with van der Waals surface area (Å²) in [5.74, 6) is -0.473. The van der Waals surface area contributed by atoms with Gasteiger partial charge in [0.1, 0.15) is 5.75 Å². The molecule has 0 unspecified atom stereocenters. The minimum Gasteiger partial charge on any atom is -0.505 e. The van der Waals surface area contributed by atoms with E-state index in [9.17, 15) is 9.90 Å². The Morgan fingerprint density at radius 1 is 1.26 bits per heavy atom. The van der Waals surface area contributed by atoms with E-state index in [2.05, 4.69) is 10.3 Å². The van der Waals surface area contributed by atoms with Crippen molar-refractivity contribution in [1.29, 1.82) is 0 Å². The Morgan fingerprint density at radius 2 is 2.00 bits per heavy atom. The fraction of sp³-hybridized carbons (Fsp3) is 0.143. The Balaban J connectivity index is 2.07. The molecule has 0 aliphatic heterocycles. The van der Waals surface area contributed by atoms with Crippen molar-refractivity contribution in [2.75, 3.05) is 0 Å². The second-order valence-electron chi connectivity index (χ2n) is 4.05. The highest BCUT2D eigenvalue weighted by Crippen LogP contribution is 2.14. The van der Waals surface area contributed by atoms with E-state index in [0.29, 0.717) is 13.1 Å². The van der Waals surface area contributed by atoms with Gasteiger partial charge in [-0.15, -0.1) is 0 Å². The molecule has 2 aromatic rings. The number of pyridine rings is 1. The quantitative estimate of drug-likeness (QED) is 0.767. The lowest BCUT2D eigenvalue weighted by atomic mass is 10.1. The monoisotopic (exact) mass is 257 g/mol. The molecule has 0 atom stereocenters. The van der Waals surface area contributed by atoms with Gasteiger partial charge in [0.2, 0.25) is 0 Å². The minimum atomic E-state index is -0.341. The second-order valence-corrected chi connectivity index (χ2v) is 4.05. The normalized spacial score (nSPS) is 10.2. The SMILES string of the molecule is NCc1ccccc1CNC(=O)c1ccncc1O. The fourth-order valence-corrected chi connectivity index (χ4v) is 1.78. The van der Waals surface area contributed by atoms with Gasteiger partial charge in [0.05, 0.1) is 11.8 Å². The number of nitrogens with one attached hydrogen (secondary N) is 1. The van der Waals surface area contributed by atoms with Crippen LogP contribution < -0.4 is 11.1 Å². The summed E-state index contributed by atoms with van der Waals surface area (Å²) in [5, 5.41) is 12.3. The second kappa shape index (κ2) is 5.97. The first-order chi connectivity index (χ1) is 9.22. The van der Waals surface area contributed by atoms with E-state index in [1.807, 2.05) is 24.3 Å². The third-order valence-electron chi connectivity index (χ3n) is 2.82. The van der Waals surface area contributed by atoms with Crippen molar-refractivity contribution in [3.63, 3.8) is 0 Å². The Labute approximate surface area is 111 Å². The van der Waals surface area contributed by atoms with Crippen molar-refractivity contribution in [2.24, 2.45) is 5.73 Å². The molecule has 98 valence electrons. The van der Waals surface area contributed by atoms with E-state index in [-0.39, 0.29) is 17.2 Å². The van der Waals surface area contributed by atoms with Crippen molar-refractivity contribution >= 4 is 5.91 Å². The number of carbonyl (C=O) groups is 1. The molecule has 0 bridgehead atoms. The standard InChI is InChI=1S/C14H15N3O2/c15-7-10-3-1-2-4-11(10)8-17-14(19)12-5-6-16-9-13(12)18/h1-6,9,18H,7-8,15H2,(H,17,19). The summed E-state index contributed by atoms with van der Waals surface area (Å²) in [6.45, 7) is 0.792. The van der Waals surface area contributed by atoms with Crippen LogP contribution in [0.2, 0.25) is 0 Å². The molecular formula is C14H15N3O2. The van der Waals surface area contributed by atoms with Crippen LogP contribution in [-0.4, -0.2) is 16.0 Å². The van der Waals surface area contributed by atoms with Gasteiger partial charge in [0.25, 0.3) is 5.91 Å². The van der Waals surface area contributed by atoms with Gasteiger partial charge in [0, 0.05) is 19.3 Å². The van der Waals surface area contributed by atoms with Crippen molar-refractivity contribution in [3.8, 4) is 5.75 Å². The van der Waals surface area contributed by atoms with Gasteiger partial charge in [-0.3, -0.25) is 9.78 Å². The number of benzene rings is 1. The summed E-state index contributed by atoms with van der Waals surface area (Å²) < 4.78 is 0. The van der Waals surface area contributed by atoms with Crippen molar-refractivity contribution in [3.05, 3.63) is 59.4 Å². The molecule has 0 aliphatic carbocycles. The molecule has 1 heterocycles. The van der Waals surface area contributed by atoms with Crippen LogP contribution in [0.15, 0.2) is 42.7 Å². The average molecular weight is 257 g/mol. The predicted molar refractivity (Wildman–Crippen MR) is 71.4 cm³/mol. The van der Waals surface area contributed by atoms with Gasteiger partial charge >= 0.3 is 0 Å². The largest absolute Gasteiger partial charge is 0.505 e. The lowest BCUT2D eigenvalue weighted by Gasteiger charge is -2.09. The maximum atomic E-state index is 11.9. The lowest BCUT2D eigenvalue weighted by Crippen LogP contribution is -2.23. The van der Waals surface area contributed by atoms with E-state index in [1.54, 1.807) is 0 Å². The van der Waals surface area contributed by atoms with Gasteiger partial charge in [-0.2, -0.15) is 0 Å². The number of aromatic nitrogens is 1.